The molecule has 1 aliphatic carbocycles. The van der Waals surface area contributed by atoms with Gasteiger partial charge in [0.1, 0.15) is 0 Å². The van der Waals surface area contributed by atoms with Gasteiger partial charge in [-0.25, -0.2) is 0 Å². The molecule has 0 aromatic heterocycles. The van der Waals surface area contributed by atoms with Gasteiger partial charge >= 0.3 is 0 Å². The summed E-state index contributed by atoms with van der Waals surface area (Å²) in [6, 6.07) is 17.7. The molecule has 0 saturated carbocycles. The third kappa shape index (κ3) is 3.75. The van der Waals surface area contributed by atoms with Gasteiger partial charge in [0.2, 0.25) is 5.91 Å². The Morgan fingerprint density at radius 2 is 1.88 bits per heavy atom. The smallest absolute Gasteiger partial charge is 0.224 e. The molecule has 4 atom stereocenters. The van der Waals surface area contributed by atoms with Gasteiger partial charge in [-0.2, -0.15) is 0 Å². The molecule has 25 heavy (non-hydrogen) atoms. The van der Waals surface area contributed by atoms with Crippen molar-refractivity contribution in [3.05, 3.63) is 71.3 Å². The molecule has 1 amide bonds. The predicted octanol–water partition coefficient (Wildman–Crippen LogP) is 2.41. The minimum Gasteiger partial charge on any atom is -0.390 e. The summed E-state index contributed by atoms with van der Waals surface area (Å²) in [5, 5.41) is 13.5. The van der Waals surface area contributed by atoms with Crippen molar-refractivity contribution in [2.24, 2.45) is 5.92 Å². The zero-order valence-electron chi connectivity index (χ0n) is 14.1. The zero-order chi connectivity index (χ0) is 17.2. The Hall–Kier alpha value is -2.17. The number of amides is 1. The number of hydrogen-bond donors (Lipinski definition) is 2. The molecular formula is C21H23NO3. The van der Waals surface area contributed by atoms with E-state index in [1.54, 1.807) is 0 Å². The van der Waals surface area contributed by atoms with Crippen molar-refractivity contribution in [3.8, 4) is 0 Å². The normalized spacial score (nSPS) is 25.2. The lowest BCUT2D eigenvalue weighted by Crippen LogP contribution is -2.39. The molecule has 0 unspecified atom stereocenters. The highest BCUT2D eigenvalue weighted by Crippen LogP contribution is 2.32. The minimum absolute atomic E-state index is 0.0000983. The van der Waals surface area contributed by atoms with Gasteiger partial charge in [0, 0.05) is 12.3 Å². The van der Waals surface area contributed by atoms with Crippen LogP contribution < -0.4 is 5.32 Å². The van der Waals surface area contributed by atoms with Crippen molar-refractivity contribution in [3.63, 3.8) is 0 Å². The lowest BCUT2D eigenvalue weighted by molar-refractivity contribution is -0.126. The van der Waals surface area contributed by atoms with Crippen LogP contribution in [0.3, 0.4) is 0 Å². The summed E-state index contributed by atoms with van der Waals surface area (Å²) in [7, 11) is 0. The van der Waals surface area contributed by atoms with E-state index < -0.39 is 6.10 Å². The largest absolute Gasteiger partial charge is 0.390 e. The van der Waals surface area contributed by atoms with Crippen LogP contribution in [0.4, 0.5) is 0 Å². The average Bonchev–Trinajstić information content (AvgIpc) is 3.39. The maximum atomic E-state index is 12.9. The van der Waals surface area contributed by atoms with Crippen LogP contribution in [0.15, 0.2) is 54.6 Å². The van der Waals surface area contributed by atoms with E-state index in [9.17, 15) is 9.90 Å². The predicted molar refractivity (Wildman–Crippen MR) is 95.0 cm³/mol. The van der Waals surface area contributed by atoms with Gasteiger partial charge in [-0.15, -0.1) is 0 Å². The molecule has 4 nitrogen and oxygen atoms in total. The molecule has 1 aliphatic heterocycles. The molecule has 2 aliphatic rings. The molecule has 4 heteroatoms. The van der Waals surface area contributed by atoms with E-state index in [0.717, 1.165) is 29.7 Å². The maximum Gasteiger partial charge on any atom is 0.224 e. The summed E-state index contributed by atoms with van der Waals surface area (Å²) in [6.07, 6.45) is 1.65. The van der Waals surface area contributed by atoms with Gasteiger partial charge in [-0.05, 0) is 29.5 Å². The number of hydrogen-bond acceptors (Lipinski definition) is 3. The fourth-order valence-corrected chi connectivity index (χ4v) is 3.72. The van der Waals surface area contributed by atoms with E-state index in [-0.39, 0.29) is 24.0 Å². The highest BCUT2D eigenvalue weighted by molar-refractivity contribution is 5.80. The van der Waals surface area contributed by atoms with Crippen LogP contribution in [-0.4, -0.2) is 29.8 Å². The molecule has 1 heterocycles. The summed E-state index contributed by atoms with van der Waals surface area (Å²) in [5.41, 5.74) is 3.30. The summed E-state index contributed by atoms with van der Waals surface area (Å²) in [6.45, 7) is 0.744. The van der Waals surface area contributed by atoms with Crippen molar-refractivity contribution < 1.29 is 14.6 Å². The van der Waals surface area contributed by atoms with Crippen molar-refractivity contribution in [2.45, 2.75) is 37.5 Å². The number of carbonyl (C=O) groups excluding carboxylic acids is 1. The Balaban J connectivity index is 1.48. The average molecular weight is 337 g/mol. The number of nitrogens with one attached hydrogen (secondary N) is 1. The molecule has 130 valence electrons. The Kier molecular flexibility index (Phi) is 4.55. The van der Waals surface area contributed by atoms with Crippen LogP contribution in [0.25, 0.3) is 0 Å². The molecule has 0 spiro atoms. The lowest BCUT2D eigenvalue weighted by Gasteiger charge is -2.22. The fourth-order valence-electron chi connectivity index (χ4n) is 3.72. The number of epoxide rings is 1. The van der Waals surface area contributed by atoms with E-state index in [1.165, 1.54) is 0 Å². The van der Waals surface area contributed by atoms with Crippen LogP contribution in [-0.2, 0) is 22.4 Å². The number of carbonyl (C=O) groups is 1. The highest BCUT2D eigenvalue weighted by atomic mass is 16.6. The minimum atomic E-state index is -0.559. The number of aliphatic hydroxyl groups excluding tert-OH is 1. The Morgan fingerprint density at radius 1 is 1.16 bits per heavy atom. The fraction of sp³-hybridized carbons (Fsp3) is 0.381. The van der Waals surface area contributed by atoms with E-state index >= 15 is 0 Å². The van der Waals surface area contributed by atoms with Crippen molar-refractivity contribution in [2.75, 3.05) is 6.61 Å². The first-order valence-corrected chi connectivity index (χ1v) is 8.92. The van der Waals surface area contributed by atoms with Crippen molar-refractivity contribution in [1.82, 2.24) is 5.32 Å². The van der Waals surface area contributed by atoms with Gasteiger partial charge in [0.25, 0.3) is 0 Å². The van der Waals surface area contributed by atoms with E-state index in [0.29, 0.717) is 12.8 Å². The number of aliphatic hydroxyl groups is 1. The highest BCUT2D eigenvalue weighted by Gasteiger charge is 2.35. The summed E-state index contributed by atoms with van der Waals surface area (Å²) in [5.74, 6) is -0.144. The number of benzene rings is 2. The standard InChI is InChI=1S/C21H23NO3/c23-19-12-15-8-4-5-9-18(15)20(19)22-21(24)16(11-17-13-25-17)10-14-6-2-1-3-7-14/h1-9,16-17,19-20,23H,10-13H2,(H,22,24)/t16-,17+,19-,20+/m1/s1. The first-order valence-electron chi connectivity index (χ1n) is 8.92. The molecule has 0 bridgehead atoms. The van der Waals surface area contributed by atoms with Crippen LogP contribution in [0, 0.1) is 5.92 Å². The van der Waals surface area contributed by atoms with Crippen LogP contribution in [0.5, 0.6) is 0 Å². The number of rotatable bonds is 6. The molecule has 2 N–H and O–H groups in total. The van der Waals surface area contributed by atoms with Gasteiger partial charge < -0.3 is 15.2 Å². The van der Waals surface area contributed by atoms with Crippen LogP contribution in [0.1, 0.15) is 29.2 Å². The molecular weight excluding hydrogens is 314 g/mol. The zero-order valence-corrected chi connectivity index (χ0v) is 14.1. The lowest BCUT2D eigenvalue weighted by atomic mass is 9.93. The van der Waals surface area contributed by atoms with E-state index in [1.807, 2.05) is 54.6 Å². The Labute approximate surface area is 147 Å². The third-order valence-electron chi connectivity index (χ3n) is 5.15. The second-order valence-electron chi connectivity index (χ2n) is 7.03. The topological polar surface area (TPSA) is 61.9 Å². The van der Waals surface area contributed by atoms with Gasteiger partial charge in [-0.1, -0.05) is 54.6 Å². The number of ether oxygens (including phenoxy) is 1. The first-order chi connectivity index (χ1) is 12.2. The Bertz CT molecular complexity index is 742. The Morgan fingerprint density at radius 3 is 2.64 bits per heavy atom. The van der Waals surface area contributed by atoms with Crippen LogP contribution >= 0.6 is 0 Å². The quantitative estimate of drug-likeness (QED) is 0.796. The molecule has 2 aromatic carbocycles. The summed E-state index contributed by atoms with van der Waals surface area (Å²) < 4.78 is 5.34. The second kappa shape index (κ2) is 6.98. The molecule has 4 rings (SSSR count). The molecule has 1 fully saturated rings. The molecule has 1 saturated heterocycles. The van der Waals surface area contributed by atoms with Crippen molar-refractivity contribution in [1.29, 1.82) is 0 Å². The summed E-state index contributed by atoms with van der Waals surface area (Å²) >= 11 is 0. The maximum absolute atomic E-state index is 12.9. The second-order valence-corrected chi connectivity index (χ2v) is 7.03. The SMILES string of the molecule is O=C(N[C@H]1c2ccccc2C[C@H]1O)[C@H](Cc1ccccc1)C[C@H]1CO1. The van der Waals surface area contributed by atoms with Gasteiger partial charge in [0.05, 0.1) is 24.9 Å². The van der Waals surface area contributed by atoms with Crippen molar-refractivity contribution >= 4 is 5.91 Å². The molecule has 2 aromatic rings. The monoisotopic (exact) mass is 337 g/mol. The van der Waals surface area contributed by atoms with E-state index in [2.05, 4.69) is 5.32 Å². The van der Waals surface area contributed by atoms with Crippen LogP contribution in [0.2, 0.25) is 0 Å². The summed E-state index contributed by atoms with van der Waals surface area (Å²) in [4.78, 5) is 12.9. The van der Waals surface area contributed by atoms with E-state index in [4.69, 9.17) is 4.74 Å². The number of fused-ring (bicyclic) bond motifs is 1. The first kappa shape index (κ1) is 16.3. The van der Waals surface area contributed by atoms with Gasteiger partial charge in [-0.3, -0.25) is 4.79 Å². The van der Waals surface area contributed by atoms with Gasteiger partial charge in [0.15, 0.2) is 0 Å². The molecule has 0 radical (unpaired) electrons. The third-order valence-corrected chi connectivity index (χ3v) is 5.15.